The van der Waals surface area contributed by atoms with Gasteiger partial charge in [-0.3, -0.25) is 9.59 Å². The monoisotopic (exact) mass is 233 g/mol. The van der Waals surface area contributed by atoms with E-state index in [-0.39, 0.29) is 36.9 Å². The van der Waals surface area contributed by atoms with Crippen molar-refractivity contribution in [3.63, 3.8) is 0 Å². The van der Waals surface area contributed by atoms with Crippen molar-refractivity contribution in [3.05, 3.63) is 35.9 Å². The average molecular weight is 233 g/mol. The molecule has 1 amide bonds. The molecule has 1 aromatic carbocycles. The molecule has 0 saturated carbocycles. The van der Waals surface area contributed by atoms with Gasteiger partial charge in [0.1, 0.15) is 5.78 Å². The fourth-order valence-corrected chi connectivity index (χ4v) is 1.27. The Labute approximate surface area is 100 Å². The summed E-state index contributed by atoms with van der Waals surface area (Å²) in [6.45, 7) is 1.41. The Bertz CT molecular complexity index is 412. The third-order valence-electron chi connectivity index (χ3n) is 2.24. The molecule has 0 radical (unpaired) electrons. The van der Waals surface area contributed by atoms with Crippen molar-refractivity contribution in [2.45, 2.75) is 19.8 Å². The summed E-state index contributed by atoms with van der Waals surface area (Å²) < 4.78 is 0. The zero-order chi connectivity index (χ0) is 12.7. The molecule has 0 aliphatic heterocycles. The maximum Gasteiger partial charge on any atom is 0.251 e. The van der Waals surface area contributed by atoms with Crippen LogP contribution < -0.4 is 5.32 Å². The highest BCUT2D eigenvalue weighted by Gasteiger charge is 2.08. The molecule has 4 nitrogen and oxygen atoms in total. The number of carbonyl (C=O) groups is 3. The van der Waals surface area contributed by atoms with E-state index in [1.165, 1.54) is 6.92 Å². The van der Waals surface area contributed by atoms with E-state index in [0.717, 1.165) is 0 Å². The summed E-state index contributed by atoms with van der Waals surface area (Å²) in [5, 5.41) is 2.52. The predicted molar refractivity (Wildman–Crippen MR) is 63.7 cm³/mol. The fourth-order valence-electron chi connectivity index (χ4n) is 1.27. The standard InChI is InChI=1S/C13H15NO3/c1-10(15)7-8-12(16)9-14-13(17)11-5-3-2-4-6-11/h2-6H,7-9H2,1H3,(H,14,17). The highest BCUT2D eigenvalue weighted by molar-refractivity contribution is 5.97. The second kappa shape index (κ2) is 6.58. The lowest BCUT2D eigenvalue weighted by atomic mass is 10.1. The van der Waals surface area contributed by atoms with Crippen LogP contribution in [0, 0.1) is 0 Å². The molecular weight excluding hydrogens is 218 g/mol. The molecule has 0 fully saturated rings. The second-order valence-electron chi connectivity index (χ2n) is 3.79. The normalized spacial score (nSPS) is 9.71. The molecule has 0 saturated heterocycles. The summed E-state index contributed by atoms with van der Waals surface area (Å²) >= 11 is 0. The summed E-state index contributed by atoms with van der Waals surface area (Å²) in [5.74, 6) is -0.431. The third-order valence-corrected chi connectivity index (χ3v) is 2.24. The van der Waals surface area contributed by atoms with Gasteiger partial charge in [-0.25, -0.2) is 0 Å². The third kappa shape index (κ3) is 5.06. The van der Waals surface area contributed by atoms with Crippen molar-refractivity contribution in [2.24, 2.45) is 0 Å². The molecule has 90 valence electrons. The van der Waals surface area contributed by atoms with Crippen LogP contribution >= 0.6 is 0 Å². The number of benzene rings is 1. The molecule has 1 N–H and O–H groups in total. The van der Waals surface area contributed by atoms with Crippen LogP contribution in [0.25, 0.3) is 0 Å². The summed E-state index contributed by atoms with van der Waals surface area (Å²) in [4.78, 5) is 33.5. The molecule has 0 spiro atoms. The Balaban J connectivity index is 2.34. The van der Waals surface area contributed by atoms with Crippen LogP contribution in [0.2, 0.25) is 0 Å². The van der Waals surface area contributed by atoms with Gasteiger partial charge in [0.2, 0.25) is 0 Å². The number of carbonyl (C=O) groups excluding carboxylic acids is 3. The quantitative estimate of drug-likeness (QED) is 0.806. The maximum absolute atomic E-state index is 11.6. The van der Waals surface area contributed by atoms with Gasteiger partial charge < -0.3 is 10.1 Å². The largest absolute Gasteiger partial charge is 0.345 e. The zero-order valence-corrected chi connectivity index (χ0v) is 9.73. The second-order valence-corrected chi connectivity index (χ2v) is 3.79. The first-order valence-electron chi connectivity index (χ1n) is 5.44. The van der Waals surface area contributed by atoms with Gasteiger partial charge in [-0.2, -0.15) is 0 Å². The van der Waals surface area contributed by atoms with Crippen molar-refractivity contribution in [1.29, 1.82) is 0 Å². The van der Waals surface area contributed by atoms with Gasteiger partial charge in [-0.05, 0) is 19.1 Å². The molecule has 0 bridgehead atoms. The van der Waals surface area contributed by atoms with Gasteiger partial charge >= 0.3 is 0 Å². The molecule has 0 atom stereocenters. The van der Waals surface area contributed by atoms with Gasteiger partial charge in [0.15, 0.2) is 5.78 Å². The average Bonchev–Trinajstić information content (AvgIpc) is 2.34. The van der Waals surface area contributed by atoms with Crippen LogP contribution in [-0.2, 0) is 9.59 Å². The van der Waals surface area contributed by atoms with Crippen molar-refractivity contribution in [2.75, 3.05) is 6.54 Å². The van der Waals surface area contributed by atoms with Crippen molar-refractivity contribution < 1.29 is 14.4 Å². The van der Waals surface area contributed by atoms with Crippen molar-refractivity contribution in [3.8, 4) is 0 Å². The highest BCUT2D eigenvalue weighted by atomic mass is 16.2. The van der Waals surface area contributed by atoms with Crippen LogP contribution in [0.1, 0.15) is 30.1 Å². The van der Waals surface area contributed by atoms with Crippen molar-refractivity contribution in [1.82, 2.24) is 5.32 Å². The fraction of sp³-hybridized carbons (Fsp3) is 0.308. The number of Topliss-reactive ketones (excluding diaryl/α,β-unsaturated/α-hetero) is 2. The Morgan fingerprint density at radius 1 is 1.06 bits per heavy atom. The van der Waals surface area contributed by atoms with Crippen LogP contribution in [0.5, 0.6) is 0 Å². The molecule has 1 aromatic rings. The summed E-state index contributed by atoms with van der Waals surface area (Å²) in [6.07, 6.45) is 0.421. The highest BCUT2D eigenvalue weighted by Crippen LogP contribution is 1.98. The molecule has 1 rings (SSSR count). The summed E-state index contributed by atoms with van der Waals surface area (Å²) in [7, 11) is 0. The lowest BCUT2D eigenvalue weighted by Gasteiger charge is -2.03. The molecule has 0 aliphatic rings. The molecule has 4 heteroatoms. The molecule has 0 aromatic heterocycles. The smallest absolute Gasteiger partial charge is 0.251 e. The van der Waals surface area contributed by atoms with Crippen LogP contribution in [-0.4, -0.2) is 24.0 Å². The van der Waals surface area contributed by atoms with E-state index in [9.17, 15) is 14.4 Å². The minimum Gasteiger partial charge on any atom is -0.345 e. The topological polar surface area (TPSA) is 63.2 Å². The Morgan fingerprint density at radius 2 is 1.71 bits per heavy atom. The molecule has 0 unspecified atom stereocenters. The van der Waals surface area contributed by atoms with Gasteiger partial charge in [0, 0.05) is 18.4 Å². The molecular formula is C13H15NO3. The lowest BCUT2D eigenvalue weighted by molar-refractivity contribution is -0.122. The molecule has 17 heavy (non-hydrogen) atoms. The molecule has 0 heterocycles. The number of rotatable bonds is 6. The van der Waals surface area contributed by atoms with E-state index in [0.29, 0.717) is 5.56 Å². The minimum atomic E-state index is -0.276. The van der Waals surface area contributed by atoms with E-state index in [1.54, 1.807) is 24.3 Å². The van der Waals surface area contributed by atoms with E-state index in [4.69, 9.17) is 0 Å². The molecule has 0 aliphatic carbocycles. The number of amides is 1. The van der Waals surface area contributed by atoms with E-state index in [1.807, 2.05) is 6.07 Å². The van der Waals surface area contributed by atoms with Crippen LogP contribution in [0.3, 0.4) is 0 Å². The van der Waals surface area contributed by atoms with E-state index in [2.05, 4.69) is 5.32 Å². The summed E-state index contributed by atoms with van der Waals surface area (Å²) in [6, 6.07) is 8.68. The van der Waals surface area contributed by atoms with Crippen LogP contribution in [0.15, 0.2) is 30.3 Å². The number of ketones is 2. The van der Waals surface area contributed by atoms with E-state index < -0.39 is 0 Å². The number of hydrogen-bond donors (Lipinski definition) is 1. The first-order valence-corrected chi connectivity index (χ1v) is 5.44. The minimum absolute atomic E-state index is 0.0206. The maximum atomic E-state index is 11.6. The van der Waals surface area contributed by atoms with Gasteiger partial charge in [-0.1, -0.05) is 18.2 Å². The van der Waals surface area contributed by atoms with Gasteiger partial charge in [0.05, 0.1) is 6.54 Å². The predicted octanol–water partition coefficient (Wildman–Crippen LogP) is 1.35. The Kier molecular flexibility index (Phi) is 5.07. The zero-order valence-electron chi connectivity index (χ0n) is 9.73. The van der Waals surface area contributed by atoms with Crippen LogP contribution in [0.4, 0.5) is 0 Å². The Hall–Kier alpha value is -1.97. The first kappa shape index (κ1) is 13.1. The summed E-state index contributed by atoms with van der Waals surface area (Å²) in [5.41, 5.74) is 0.520. The van der Waals surface area contributed by atoms with Gasteiger partial charge in [-0.15, -0.1) is 0 Å². The first-order chi connectivity index (χ1) is 8.09. The number of hydrogen-bond acceptors (Lipinski definition) is 3. The van der Waals surface area contributed by atoms with Crippen molar-refractivity contribution >= 4 is 17.5 Å². The SMILES string of the molecule is CC(=O)CCC(=O)CNC(=O)c1ccccc1. The van der Waals surface area contributed by atoms with Gasteiger partial charge in [0.25, 0.3) is 5.91 Å². The van der Waals surface area contributed by atoms with E-state index >= 15 is 0 Å². The number of nitrogens with one attached hydrogen (secondary N) is 1. The lowest BCUT2D eigenvalue weighted by Crippen LogP contribution is -2.29. The Morgan fingerprint density at radius 3 is 2.29 bits per heavy atom.